The molecule has 0 fully saturated rings. The van der Waals surface area contributed by atoms with Gasteiger partial charge in [0.15, 0.2) is 0 Å². The van der Waals surface area contributed by atoms with E-state index in [1.807, 2.05) is 128 Å². The van der Waals surface area contributed by atoms with Gasteiger partial charge in [0.25, 0.3) is 0 Å². The van der Waals surface area contributed by atoms with E-state index in [0.29, 0.717) is 49.4 Å². The van der Waals surface area contributed by atoms with E-state index in [1.165, 1.54) is 0 Å². The van der Waals surface area contributed by atoms with Crippen LogP contribution in [-0.4, -0.2) is 50.1 Å². The Hall–Kier alpha value is -4.36. The zero-order valence-electron chi connectivity index (χ0n) is 31.5. The van der Waals surface area contributed by atoms with Crippen molar-refractivity contribution in [2.75, 3.05) is 31.1 Å². The van der Waals surface area contributed by atoms with Gasteiger partial charge in [-0.3, -0.25) is 14.2 Å². The average Bonchev–Trinajstić information content (AvgIpc) is 3.46. The predicted octanol–water partition coefficient (Wildman–Crippen LogP) is 9.72. The van der Waals surface area contributed by atoms with E-state index in [4.69, 9.17) is 23.9 Å². The van der Waals surface area contributed by atoms with Gasteiger partial charge in [0.05, 0.1) is 75.6 Å². The normalized spacial score (nSPS) is 11.4. The molecule has 1 amide bonds. The van der Waals surface area contributed by atoms with Crippen LogP contribution in [0.5, 0.6) is 23.0 Å². The van der Waals surface area contributed by atoms with E-state index in [9.17, 15) is 0 Å². The maximum absolute atomic E-state index is 16.1. The summed E-state index contributed by atoms with van der Waals surface area (Å²) in [5, 5.41) is 3.51. The molecule has 0 atom stereocenters. The van der Waals surface area contributed by atoms with Crippen LogP contribution in [-0.2, 0) is 22.5 Å². The van der Waals surface area contributed by atoms with Crippen LogP contribution in [0.25, 0.3) is 21.8 Å². The van der Waals surface area contributed by atoms with Gasteiger partial charge in [-0.05, 0) is 82.3 Å². The van der Waals surface area contributed by atoms with E-state index in [-0.39, 0.29) is 22.5 Å². The number of pyridine rings is 1. The molecule has 0 aliphatic heterocycles. The Balaban J connectivity index is 0.00000541. The molecule has 6 aromatic rings. The second-order valence-corrected chi connectivity index (χ2v) is 20.8. The molecule has 2 aromatic heterocycles. The zero-order chi connectivity index (χ0) is 36.8. The molecule has 6 rings (SSSR count). The first-order valence-corrected chi connectivity index (χ1v) is 23.1. The molecule has 8 nitrogen and oxygen atoms in total. The number of fused-ring (bicyclic) bond motifs is 3. The van der Waals surface area contributed by atoms with Crippen molar-refractivity contribution in [3.05, 3.63) is 109 Å². The molecule has 0 unspecified atom stereocenters. The summed E-state index contributed by atoms with van der Waals surface area (Å²) in [5.41, 5.74) is 3.22. The molecule has 0 saturated carbocycles. The van der Waals surface area contributed by atoms with Crippen molar-refractivity contribution >= 4 is 60.3 Å². The third-order valence-electron chi connectivity index (χ3n) is 8.49. The van der Waals surface area contributed by atoms with Crippen molar-refractivity contribution in [2.24, 2.45) is 0 Å². The molecule has 53 heavy (non-hydrogen) atoms. The van der Waals surface area contributed by atoms with Crippen molar-refractivity contribution in [3.8, 4) is 23.0 Å². The monoisotopic (exact) mass is 791 g/mol. The number of aromatic nitrogens is 2. The third kappa shape index (κ3) is 8.26. The molecule has 0 saturated heterocycles. The summed E-state index contributed by atoms with van der Waals surface area (Å²) >= 11 is 0. The number of ether oxygens (including phenoxy) is 4. The summed E-state index contributed by atoms with van der Waals surface area (Å²) in [6.45, 7) is 16.5. The molecule has 0 radical (unpaired) electrons. The number of amides is 1. The minimum atomic E-state index is -1.89. The number of rotatable bonds is 14. The van der Waals surface area contributed by atoms with Crippen LogP contribution in [0.1, 0.15) is 33.4 Å². The van der Waals surface area contributed by atoms with Gasteiger partial charge in [-0.1, -0.05) is 68.2 Å². The maximum Gasteiger partial charge on any atom is 0.337 e. The van der Waals surface area contributed by atoms with E-state index in [1.54, 1.807) is 0 Å². The van der Waals surface area contributed by atoms with Gasteiger partial charge in [-0.15, -0.1) is 0 Å². The first kappa shape index (κ1) is 39.8. The van der Waals surface area contributed by atoms with Crippen molar-refractivity contribution in [1.82, 2.24) is 9.55 Å². The summed E-state index contributed by atoms with van der Waals surface area (Å²) in [7, 11) is -3.64. The number of hydrogen-bond acceptors (Lipinski definition) is 6. The van der Waals surface area contributed by atoms with Crippen LogP contribution in [0.4, 0.5) is 10.5 Å². The van der Waals surface area contributed by atoms with E-state index < -0.39 is 16.1 Å². The van der Waals surface area contributed by atoms with Crippen molar-refractivity contribution in [1.29, 1.82) is 0 Å². The molecular weight excluding hydrogens is 744 g/mol. The fraction of sp³-hybridized carbons (Fsp3) is 0.286. The number of carbonyl (C=O) groups is 1. The largest absolute Gasteiger partial charge is 0.493 e. The van der Waals surface area contributed by atoms with Crippen molar-refractivity contribution in [2.45, 2.75) is 53.4 Å². The van der Waals surface area contributed by atoms with E-state index in [2.05, 4.69) is 31.8 Å². The molecule has 11 heteroatoms. The summed E-state index contributed by atoms with van der Waals surface area (Å²) in [4.78, 5) is 21.1. The van der Waals surface area contributed by atoms with Crippen LogP contribution in [0.3, 0.4) is 0 Å². The molecule has 0 spiro atoms. The molecule has 280 valence electrons. The Morgan fingerprint density at radius 2 is 1.08 bits per heavy atom. The average molecular weight is 793 g/mol. The third-order valence-corrected chi connectivity index (χ3v) is 12.4. The summed E-state index contributed by atoms with van der Waals surface area (Å²) in [6.07, 6.45) is 1.82. The van der Waals surface area contributed by atoms with Crippen LogP contribution in [0.15, 0.2) is 103 Å². The van der Waals surface area contributed by atoms with Gasteiger partial charge in [-0.25, -0.2) is 4.79 Å². The van der Waals surface area contributed by atoms with Crippen LogP contribution in [0, 0.1) is 0 Å². The molecule has 0 N–H and O–H groups in total. The molecule has 0 aliphatic rings. The molecular formula is C42H48N3NiO5PSi. The predicted molar refractivity (Wildman–Crippen MR) is 218 cm³/mol. The van der Waals surface area contributed by atoms with Gasteiger partial charge < -0.3 is 18.9 Å². The minimum Gasteiger partial charge on any atom is -0.493 e. The standard InChI is InChI=1S/C42H48N3O5PSi.Ni/c1-8-47-36-24-16-25-37(48-9-2)40(36)51(41-38(49-10-3)26-17-27-39(41)50-11-4)45(35-23-18-28-43-32(35)29-52(5,6)7)42(46)44-33-21-14-12-19-30(33)31-20-13-15-22-34(31)44;/h12-28H,8-11,29H2,1-7H3;. The van der Waals surface area contributed by atoms with Crippen molar-refractivity contribution < 1.29 is 40.2 Å². The number of anilines is 1. The second-order valence-electron chi connectivity index (χ2n) is 13.4. The zero-order valence-corrected chi connectivity index (χ0v) is 34.4. The first-order chi connectivity index (χ1) is 25.2. The van der Waals surface area contributed by atoms with Crippen LogP contribution < -0.4 is 34.2 Å². The quantitative estimate of drug-likeness (QED) is 0.0808. The van der Waals surface area contributed by atoms with Gasteiger partial charge >= 0.3 is 6.03 Å². The fourth-order valence-electron chi connectivity index (χ4n) is 6.60. The number of carbonyl (C=O) groups excluding carboxylic acids is 1. The summed E-state index contributed by atoms with van der Waals surface area (Å²) < 4.78 is 29.5. The smallest absolute Gasteiger partial charge is 0.337 e. The molecule has 4 aromatic carbocycles. The number of hydrogen-bond donors (Lipinski definition) is 0. The molecule has 2 heterocycles. The Bertz CT molecular complexity index is 2030. The van der Waals surface area contributed by atoms with E-state index >= 15 is 4.79 Å². The SMILES string of the molecule is CCOc1cccc(OCC)c1P(c1c(OCC)cccc1OCC)N(C(=O)n1c2ccccc2c2ccccc21)c1cccnc1C[Si](C)(C)C.[Ni]. The van der Waals surface area contributed by atoms with Crippen molar-refractivity contribution in [3.63, 3.8) is 0 Å². The maximum atomic E-state index is 16.1. The molecule has 0 aliphatic carbocycles. The number of nitrogens with zero attached hydrogens (tertiary/aromatic N) is 3. The fourth-order valence-corrected chi connectivity index (χ4v) is 10.6. The summed E-state index contributed by atoms with van der Waals surface area (Å²) in [5.74, 6) is 2.51. The number of benzene rings is 4. The Kier molecular flexibility index (Phi) is 13.3. The van der Waals surface area contributed by atoms with Gasteiger partial charge in [-0.2, -0.15) is 0 Å². The van der Waals surface area contributed by atoms with Gasteiger partial charge in [0, 0.05) is 33.5 Å². The topological polar surface area (TPSA) is 75.1 Å². The Morgan fingerprint density at radius 1 is 0.642 bits per heavy atom. The first-order valence-electron chi connectivity index (χ1n) is 18.1. The van der Waals surface area contributed by atoms with Crippen LogP contribution in [0.2, 0.25) is 19.6 Å². The Morgan fingerprint density at radius 3 is 1.49 bits per heavy atom. The minimum absolute atomic E-state index is 0. The van der Waals surface area contributed by atoms with Crippen LogP contribution >= 0.6 is 8.07 Å². The Labute approximate surface area is 325 Å². The summed E-state index contributed by atoms with van der Waals surface area (Å²) in [6, 6.07) is 32.3. The van der Waals surface area contributed by atoms with E-state index in [0.717, 1.165) is 49.8 Å². The van der Waals surface area contributed by atoms with Gasteiger partial charge in [0.2, 0.25) is 0 Å². The molecule has 0 bridgehead atoms. The second kappa shape index (κ2) is 17.6. The van der Waals surface area contributed by atoms with Gasteiger partial charge in [0.1, 0.15) is 23.0 Å². The number of para-hydroxylation sites is 2.